The number of rotatable bonds is 12. The highest BCUT2D eigenvalue weighted by atomic mass is 16.6. The van der Waals surface area contributed by atoms with Crippen molar-refractivity contribution in [3.63, 3.8) is 0 Å². The number of hydrogen-bond acceptors (Lipinski definition) is 14. The molecule has 14 rings (SSSR count). The average Bonchev–Trinajstić information content (AvgIpc) is 0.660. The molecule has 0 unspecified atom stereocenters. The van der Waals surface area contributed by atoms with Crippen molar-refractivity contribution < 1.29 is 57.2 Å². The molecule has 14 heteroatoms. The third kappa shape index (κ3) is 8.42. The first kappa shape index (κ1) is 52.2. The second kappa shape index (κ2) is 20.5. The second-order valence-corrected chi connectivity index (χ2v) is 20.6. The Morgan fingerprint density at radius 1 is 0.221 bits per heavy atom. The van der Waals surface area contributed by atoms with Crippen LogP contribution in [0.3, 0.4) is 0 Å². The van der Waals surface area contributed by atoms with Crippen molar-refractivity contribution in [3.8, 4) is 34.5 Å². The minimum Gasteiger partial charge on any atom is -0.422 e. The molecule has 0 bridgehead atoms. The van der Waals surface area contributed by atoms with E-state index in [-0.39, 0.29) is 121 Å². The Labute approximate surface area is 485 Å². The van der Waals surface area contributed by atoms with Crippen LogP contribution in [-0.2, 0) is 0 Å². The maximum absolute atomic E-state index is 16.5. The summed E-state index contributed by atoms with van der Waals surface area (Å²) in [5.74, 6) is -7.12. The van der Waals surface area contributed by atoms with Gasteiger partial charge in [-0.15, -0.1) is 0 Å². The van der Waals surface area contributed by atoms with Gasteiger partial charge in [0.05, 0.1) is 54.9 Å². The maximum Gasteiger partial charge on any atom is 0.343 e. The van der Waals surface area contributed by atoms with Crippen molar-refractivity contribution in [2.45, 2.75) is 13.8 Å². The first-order valence-corrected chi connectivity index (χ1v) is 27.1. The molecule has 14 aromatic carbocycles. The fraction of sp³-hybridized carbons (Fsp3) is 0.0278. The minimum atomic E-state index is -0.917. The Hall–Kier alpha value is -11.9. The standard InChI is InChI=1S/C72H40O14/c1-37-33-45(81-67(75)39-21-9-3-10-22-39)55-59-51(37)52-38(2)34-46(82-68(76)40-23-11-4-12-24-40)56-60(52)64-62-54(48(84-70(78)42-27-15-6-16-28-42)36-50(58(62)66(56)74)86-72(80)44-31-19-8-20-32-44)53-47(83-69(77)41-25-13-5-14-26-41)35-49(57(65(55)73)61(53)63(59)64)85-71(79)43-29-17-7-18-30-43/h3-36H,1-2H3. The number of fused-ring (bicyclic) bond motifs is 2. The smallest absolute Gasteiger partial charge is 0.343 e. The van der Waals surface area contributed by atoms with Crippen molar-refractivity contribution >= 4 is 111 Å². The molecule has 0 aliphatic carbocycles. The summed E-state index contributed by atoms with van der Waals surface area (Å²) in [6, 6.07) is 53.7. The van der Waals surface area contributed by atoms with Crippen LogP contribution >= 0.6 is 0 Å². The summed E-state index contributed by atoms with van der Waals surface area (Å²) in [6.07, 6.45) is 0. The van der Waals surface area contributed by atoms with Crippen LogP contribution in [0.5, 0.6) is 34.5 Å². The van der Waals surface area contributed by atoms with Gasteiger partial charge >= 0.3 is 35.8 Å². The predicted octanol–water partition coefficient (Wildman–Crippen LogP) is 14.2. The molecule has 0 fully saturated rings. The third-order valence-corrected chi connectivity index (χ3v) is 15.4. The zero-order valence-corrected chi connectivity index (χ0v) is 45.3. The van der Waals surface area contributed by atoms with E-state index in [4.69, 9.17) is 28.4 Å². The Morgan fingerprint density at radius 3 is 0.616 bits per heavy atom. The summed E-state index contributed by atoms with van der Waals surface area (Å²) in [7, 11) is 0. The van der Waals surface area contributed by atoms with Gasteiger partial charge in [-0.3, -0.25) is 9.59 Å². The Kier molecular flexibility index (Phi) is 12.5. The minimum absolute atomic E-state index is 0.0151. The van der Waals surface area contributed by atoms with Crippen molar-refractivity contribution in [3.05, 3.63) is 271 Å². The van der Waals surface area contributed by atoms with Gasteiger partial charge in [0.1, 0.15) is 34.5 Å². The molecular weight excluding hydrogens is 1090 g/mol. The maximum atomic E-state index is 16.5. The van der Waals surface area contributed by atoms with Gasteiger partial charge in [-0.25, -0.2) is 28.8 Å². The van der Waals surface area contributed by atoms with Crippen LogP contribution in [0.4, 0.5) is 0 Å². The van der Waals surface area contributed by atoms with Crippen LogP contribution in [0.2, 0.25) is 0 Å². The summed E-state index contributed by atoms with van der Waals surface area (Å²) in [6.45, 7) is 3.49. The van der Waals surface area contributed by atoms with Crippen molar-refractivity contribution in [2.75, 3.05) is 0 Å². The lowest BCUT2D eigenvalue weighted by Crippen LogP contribution is -2.18. The molecule has 0 N–H and O–H groups in total. The number of esters is 6. The van der Waals surface area contributed by atoms with Gasteiger partial charge in [-0.05, 0) is 121 Å². The molecule has 0 heterocycles. The quantitative estimate of drug-likeness (QED) is 0.0485. The van der Waals surface area contributed by atoms with E-state index in [1.807, 2.05) is 0 Å². The van der Waals surface area contributed by atoms with Crippen LogP contribution < -0.4 is 39.3 Å². The largest absolute Gasteiger partial charge is 0.422 e. The molecule has 0 aliphatic rings. The molecule has 0 aromatic heterocycles. The molecule has 0 saturated heterocycles. The monoisotopic (exact) mass is 1130 g/mol. The molecular formula is C72H40O14. The molecule has 86 heavy (non-hydrogen) atoms. The highest BCUT2D eigenvalue weighted by Crippen LogP contribution is 2.58. The van der Waals surface area contributed by atoms with Gasteiger partial charge in [0.2, 0.25) is 10.9 Å². The fourth-order valence-corrected chi connectivity index (χ4v) is 11.8. The highest BCUT2D eigenvalue weighted by molar-refractivity contribution is 6.51. The molecule has 0 spiro atoms. The van der Waals surface area contributed by atoms with E-state index in [1.54, 1.807) is 159 Å². The van der Waals surface area contributed by atoms with E-state index < -0.39 is 58.2 Å². The average molecular weight is 1130 g/mol. The lowest BCUT2D eigenvalue weighted by molar-refractivity contribution is 0.0715. The van der Waals surface area contributed by atoms with E-state index in [9.17, 15) is 28.8 Å². The topological polar surface area (TPSA) is 192 Å². The van der Waals surface area contributed by atoms with Gasteiger partial charge in [0, 0.05) is 55.2 Å². The van der Waals surface area contributed by atoms with Crippen LogP contribution in [0.15, 0.2) is 216 Å². The van der Waals surface area contributed by atoms with E-state index in [0.717, 1.165) is 0 Å². The van der Waals surface area contributed by atoms with E-state index in [2.05, 4.69) is 0 Å². The van der Waals surface area contributed by atoms with Gasteiger partial charge < -0.3 is 28.4 Å². The summed E-state index contributed by atoms with van der Waals surface area (Å²) in [5.41, 5.74) is -0.0566. The summed E-state index contributed by atoms with van der Waals surface area (Å²) < 4.78 is 38.2. The van der Waals surface area contributed by atoms with Crippen LogP contribution in [0.1, 0.15) is 73.3 Å². The third-order valence-electron chi connectivity index (χ3n) is 15.4. The van der Waals surface area contributed by atoms with Crippen LogP contribution in [0, 0.1) is 13.8 Å². The van der Waals surface area contributed by atoms with Crippen LogP contribution in [0.25, 0.3) is 75.4 Å². The lowest BCUT2D eigenvalue weighted by atomic mass is 9.78. The second-order valence-electron chi connectivity index (χ2n) is 20.6. The zero-order valence-electron chi connectivity index (χ0n) is 45.3. The van der Waals surface area contributed by atoms with Crippen LogP contribution in [-0.4, -0.2) is 35.8 Å². The van der Waals surface area contributed by atoms with Crippen molar-refractivity contribution in [1.29, 1.82) is 0 Å². The Balaban J connectivity index is 1.24. The summed E-state index contributed by atoms with van der Waals surface area (Å²) >= 11 is 0. The molecule has 14 nitrogen and oxygen atoms in total. The van der Waals surface area contributed by atoms with Gasteiger partial charge in [0.15, 0.2) is 0 Å². The zero-order chi connectivity index (χ0) is 59.1. The number of carbonyl (C=O) groups excluding carboxylic acids is 6. The first-order chi connectivity index (χ1) is 41.8. The number of benzene rings is 14. The van der Waals surface area contributed by atoms with Gasteiger partial charge in [0.25, 0.3) is 0 Å². The van der Waals surface area contributed by atoms with Crippen molar-refractivity contribution in [2.24, 2.45) is 0 Å². The van der Waals surface area contributed by atoms with E-state index >= 15 is 9.59 Å². The first-order valence-electron chi connectivity index (χ1n) is 27.1. The molecule has 0 radical (unpaired) electrons. The Morgan fingerprint density at radius 2 is 0.395 bits per heavy atom. The molecule has 0 saturated carbocycles. The van der Waals surface area contributed by atoms with E-state index in [1.165, 1.54) is 60.7 Å². The molecule has 412 valence electrons. The molecule has 0 atom stereocenters. The number of aryl methyl sites for hydroxylation is 2. The molecule has 14 aromatic rings. The fourth-order valence-electron chi connectivity index (χ4n) is 11.8. The molecule has 0 amide bonds. The van der Waals surface area contributed by atoms with E-state index in [0.29, 0.717) is 21.9 Å². The summed E-state index contributed by atoms with van der Waals surface area (Å²) in [4.78, 5) is 120. The van der Waals surface area contributed by atoms with Crippen molar-refractivity contribution in [1.82, 2.24) is 0 Å². The SMILES string of the molecule is Cc1cc(OC(=O)c2ccccc2)c2c(=O)c3c(OC(=O)c4ccccc4)cc(OC(=O)c4ccccc4)c4c5c(OC(=O)c6ccccc6)cc(OC(=O)c6ccccc6)c6c(=O)c7c(OC(=O)c8ccccc8)cc(C)c8c1c2c(c34)c(c78)c65. The summed E-state index contributed by atoms with van der Waals surface area (Å²) in [5, 5.41) is 0.420. The number of ether oxygens (including phenoxy) is 6. The normalized spacial score (nSPS) is 11.5. The highest BCUT2D eigenvalue weighted by Gasteiger charge is 2.37. The van der Waals surface area contributed by atoms with Gasteiger partial charge in [-0.2, -0.15) is 0 Å². The van der Waals surface area contributed by atoms with Gasteiger partial charge in [-0.1, -0.05) is 109 Å². The lowest BCUT2D eigenvalue weighted by Gasteiger charge is -2.27. The predicted molar refractivity (Wildman–Crippen MR) is 324 cm³/mol. The Bertz CT molecular complexity index is 4920. The number of carbonyl (C=O) groups is 6. The molecule has 0 aliphatic heterocycles. The number of hydrogen-bond donors (Lipinski definition) is 0.